The van der Waals surface area contributed by atoms with Crippen molar-refractivity contribution in [3.63, 3.8) is 0 Å². The predicted octanol–water partition coefficient (Wildman–Crippen LogP) is 2.61. The lowest BCUT2D eigenvalue weighted by Crippen LogP contribution is -2.38. The van der Waals surface area contributed by atoms with Crippen LogP contribution in [0.4, 0.5) is 4.79 Å². The molecule has 0 aliphatic carbocycles. The minimum atomic E-state index is -0.205. The van der Waals surface area contributed by atoms with Crippen molar-refractivity contribution < 1.29 is 9.53 Å². The highest BCUT2D eigenvalue weighted by Gasteiger charge is 2.09. The Morgan fingerprint density at radius 1 is 1.29 bits per heavy atom. The highest BCUT2D eigenvalue weighted by molar-refractivity contribution is 6.30. The molecule has 2 rings (SSSR count). The van der Waals surface area contributed by atoms with E-state index < -0.39 is 0 Å². The van der Waals surface area contributed by atoms with E-state index >= 15 is 0 Å². The first kappa shape index (κ1) is 18.1. The first-order valence-corrected chi connectivity index (χ1v) is 8.24. The Morgan fingerprint density at radius 2 is 2.04 bits per heavy atom. The number of nitrogens with one attached hydrogen (secondary N) is 2. The van der Waals surface area contributed by atoms with Crippen molar-refractivity contribution in [3.05, 3.63) is 46.2 Å². The third-order valence-corrected chi connectivity index (χ3v) is 4.01. The number of carbonyl (C=O) groups excluding carboxylic acids is 1. The van der Waals surface area contributed by atoms with E-state index in [-0.39, 0.29) is 6.03 Å². The van der Waals surface area contributed by atoms with Crippen molar-refractivity contribution in [3.8, 4) is 5.75 Å². The summed E-state index contributed by atoms with van der Waals surface area (Å²) in [6.07, 6.45) is 0.762. The third-order valence-electron chi connectivity index (χ3n) is 3.77. The zero-order chi connectivity index (χ0) is 17.5. The van der Waals surface area contributed by atoms with E-state index in [0.29, 0.717) is 30.5 Å². The lowest BCUT2D eigenvalue weighted by Gasteiger charge is -2.09. The topological polar surface area (TPSA) is 68.2 Å². The molecule has 0 unspecified atom stereocenters. The van der Waals surface area contributed by atoms with Crippen LogP contribution in [0.2, 0.25) is 5.02 Å². The number of aryl methyl sites for hydroxylation is 2. The molecule has 2 aromatic rings. The van der Waals surface area contributed by atoms with E-state index in [0.717, 1.165) is 17.8 Å². The summed E-state index contributed by atoms with van der Waals surface area (Å²) in [5.74, 6) is 0.687. The Morgan fingerprint density at radius 3 is 2.71 bits per heavy atom. The second-order valence-electron chi connectivity index (χ2n) is 5.51. The number of halogens is 1. The Hall–Kier alpha value is -2.21. The van der Waals surface area contributed by atoms with Crippen LogP contribution in [0.5, 0.6) is 5.75 Å². The van der Waals surface area contributed by atoms with Gasteiger partial charge >= 0.3 is 6.03 Å². The zero-order valence-electron chi connectivity index (χ0n) is 14.2. The minimum Gasteiger partial charge on any atom is -0.492 e. The van der Waals surface area contributed by atoms with Gasteiger partial charge in [-0.25, -0.2) is 4.79 Å². The highest BCUT2D eigenvalue weighted by atomic mass is 35.5. The number of nitrogens with zero attached hydrogens (tertiary/aromatic N) is 2. The monoisotopic (exact) mass is 350 g/mol. The van der Waals surface area contributed by atoms with Crippen molar-refractivity contribution in [2.45, 2.75) is 20.3 Å². The van der Waals surface area contributed by atoms with Gasteiger partial charge in [-0.15, -0.1) is 0 Å². The molecule has 7 heteroatoms. The predicted molar refractivity (Wildman–Crippen MR) is 94.7 cm³/mol. The largest absolute Gasteiger partial charge is 0.492 e. The summed E-state index contributed by atoms with van der Waals surface area (Å²) in [6, 6.07) is 6.96. The molecule has 0 atom stereocenters. The first-order chi connectivity index (χ1) is 11.5. The van der Waals surface area contributed by atoms with Gasteiger partial charge < -0.3 is 15.4 Å². The maximum absolute atomic E-state index is 11.8. The molecule has 1 aromatic heterocycles. The van der Waals surface area contributed by atoms with E-state index in [1.165, 1.54) is 5.56 Å². The second kappa shape index (κ2) is 8.59. The molecule has 0 aliphatic heterocycles. The smallest absolute Gasteiger partial charge is 0.314 e. The summed E-state index contributed by atoms with van der Waals surface area (Å²) >= 11 is 5.87. The number of rotatable bonds is 7. The number of aromatic nitrogens is 2. The van der Waals surface area contributed by atoms with Gasteiger partial charge in [0.25, 0.3) is 0 Å². The molecule has 0 saturated carbocycles. The summed E-state index contributed by atoms with van der Waals surface area (Å²) in [5, 5.41) is 10.6. The van der Waals surface area contributed by atoms with Crippen molar-refractivity contribution in [1.82, 2.24) is 20.4 Å². The Labute approximate surface area is 147 Å². The van der Waals surface area contributed by atoms with Gasteiger partial charge in [-0.1, -0.05) is 17.7 Å². The van der Waals surface area contributed by atoms with Crippen LogP contribution in [0.25, 0.3) is 0 Å². The third kappa shape index (κ3) is 5.16. The van der Waals surface area contributed by atoms with Crippen molar-refractivity contribution in [2.24, 2.45) is 7.05 Å². The molecule has 2 amide bonds. The van der Waals surface area contributed by atoms with Crippen molar-refractivity contribution in [1.29, 1.82) is 0 Å². The molecule has 130 valence electrons. The van der Waals surface area contributed by atoms with Gasteiger partial charge in [-0.2, -0.15) is 5.10 Å². The SMILES string of the molecule is Cc1nn(C)c(C)c1CCNC(=O)NCCOc1cccc(Cl)c1. The molecule has 2 N–H and O–H groups in total. The Bertz CT molecular complexity index is 700. The van der Waals surface area contributed by atoms with Gasteiger partial charge in [0.15, 0.2) is 0 Å². The second-order valence-corrected chi connectivity index (χ2v) is 5.95. The first-order valence-electron chi connectivity index (χ1n) is 7.86. The Kier molecular flexibility index (Phi) is 6.49. The van der Waals surface area contributed by atoms with E-state index in [1.807, 2.05) is 37.7 Å². The van der Waals surface area contributed by atoms with Crippen LogP contribution in [0.15, 0.2) is 24.3 Å². The van der Waals surface area contributed by atoms with Crippen LogP contribution in [0.1, 0.15) is 17.0 Å². The molecule has 0 fully saturated rings. The fourth-order valence-corrected chi connectivity index (χ4v) is 2.61. The lowest BCUT2D eigenvalue weighted by atomic mass is 10.1. The number of hydrogen-bond donors (Lipinski definition) is 2. The number of amides is 2. The average Bonchev–Trinajstić information content (AvgIpc) is 2.78. The fourth-order valence-electron chi connectivity index (χ4n) is 2.43. The number of benzene rings is 1. The van der Waals surface area contributed by atoms with Crippen LogP contribution in [0.3, 0.4) is 0 Å². The van der Waals surface area contributed by atoms with Crippen LogP contribution >= 0.6 is 11.6 Å². The molecule has 0 aliphatic rings. The fraction of sp³-hybridized carbons (Fsp3) is 0.412. The van der Waals surface area contributed by atoms with E-state index in [9.17, 15) is 4.79 Å². The summed E-state index contributed by atoms with van der Waals surface area (Å²) in [7, 11) is 1.92. The standard InChI is InChI=1S/C17H23ClN4O2/c1-12-16(13(2)22(3)21-12)7-8-19-17(23)20-9-10-24-15-6-4-5-14(18)11-15/h4-6,11H,7-10H2,1-3H3,(H2,19,20,23). The van der Waals surface area contributed by atoms with Crippen LogP contribution in [-0.2, 0) is 13.5 Å². The number of carbonyl (C=O) groups is 1. The van der Waals surface area contributed by atoms with Crippen LogP contribution in [0, 0.1) is 13.8 Å². The molecule has 0 bridgehead atoms. The normalized spacial score (nSPS) is 10.5. The Balaban J connectivity index is 1.63. The van der Waals surface area contributed by atoms with Gasteiger partial charge in [-0.05, 0) is 44.0 Å². The quantitative estimate of drug-likeness (QED) is 0.754. The van der Waals surface area contributed by atoms with E-state index in [2.05, 4.69) is 15.7 Å². The zero-order valence-corrected chi connectivity index (χ0v) is 15.0. The molecule has 0 radical (unpaired) electrons. The molecular weight excluding hydrogens is 328 g/mol. The number of hydrogen-bond acceptors (Lipinski definition) is 3. The summed E-state index contributed by atoms with van der Waals surface area (Å²) < 4.78 is 7.37. The summed E-state index contributed by atoms with van der Waals surface area (Å²) in [4.78, 5) is 11.8. The van der Waals surface area contributed by atoms with Crippen LogP contribution in [-0.4, -0.2) is 35.5 Å². The van der Waals surface area contributed by atoms with Crippen molar-refractivity contribution in [2.75, 3.05) is 19.7 Å². The number of ether oxygens (including phenoxy) is 1. The maximum Gasteiger partial charge on any atom is 0.314 e. The van der Waals surface area contributed by atoms with E-state index in [4.69, 9.17) is 16.3 Å². The minimum absolute atomic E-state index is 0.205. The molecule has 1 heterocycles. The van der Waals surface area contributed by atoms with Crippen molar-refractivity contribution >= 4 is 17.6 Å². The molecule has 6 nitrogen and oxygen atoms in total. The van der Waals surface area contributed by atoms with E-state index in [1.54, 1.807) is 12.1 Å². The van der Waals surface area contributed by atoms with Gasteiger partial charge in [0, 0.05) is 24.3 Å². The van der Waals surface area contributed by atoms with Crippen LogP contribution < -0.4 is 15.4 Å². The molecule has 0 spiro atoms. The van der Waals surface area contributed by atoms with Gasteiger partial charge in [0.05, 0.1) is 12.2 Å². The van der Waals surface area contributed by atoms with Gasteiger partial charge in [0.1, 0.15) is 12.4 Å². The number of urea groups is 1. The highest BCUT2D eigenvalue weighted by Crippen LogP contribution is 2.16. The molecule has 1 aromatic carbocycles. The lowest BCUT2D eigenvalue weighted by molar-refractivity contribution is 0.236. The molecule has 24 heavy (non-hydrogen) atoms. The molecule has 0 saturated heterocycles. The summed E-state index contributed by atoms with van der Waals surface area (Å²) in [5.41, 5.74) is 3.32. The maximum atomic E-state index is 11.8. The van der Waals surface area contributed by atoms with Gasteiger partial charge in [-0.3, -0.25) is 4.68 Å². The van der Waals surface area contributed by atoms with Gasteiger partial charge in [0.2, 0.25) is 0 Å². The average molecular weight is 351 g/mol. The summed E-state index contributed by atoms with van der Waals surface area (Å²) in [6.45, 7) is 5.38. The molecular formula is C17H23ClN4O2.